The molecular weight excluding hydrogens is 310 g/mol. The maximum absolute atomic E-state index is 13.5. The number of sulfonamides is 1. The van der Waals surface area contributed by atoms with Gasteiger partial charge in [-0.3, -0.25) is 4.72 Å². The number of nitrogen functional groups attached to an aromatic ring is 1. The number of nitrogens with one attached hydrogen (secondary N) is 1. The number of benzene rings is 2. The number of nitrogens with two attached hydrogens (primary N) is 1. The fourth-order valence-corrected chi connectivity index (χ4v) is 2.94. The van der Waals surface area contributed by atoms with Gasteiger partial charge in [-0.15, -0.1) is 0 Å². The lowest BCUT2D eigenvalue weighted by Crippen LogP contribution is -2.15. The smallest absolute Gasteiger partial charge is 0.264 e. The van der Waals surface area contributed by atoms with Gasteiger partial charge in [0.05, 0.1) is 10.7 Å². The van der Waals surface area contributed by atoms with Crippen LogP contribution in [0.1, 0.15) is 0 Å². The summed E-state index contributed by atoms with van der Waals surface area (Å²) >= 11 is 5.83. The molecule has 20 heavy (non-hydrogen) atoms. The first-order valence-electron chi connectivity index (χ1n) is 5.32. The zero-order valence-corrected chi connectivity index (χ0v) is 11.5. The van der Waals surface area contributed by atoms with E-state index in [0.29, 0.717) is 11.8 Å². The van der Waals surface area contributed by atoms with Crippen LogP contribution in [0.4, 0.5) is 20.2 Å². The number of halogens is 3. The van der Waals surface area contributed by atoms with Gasteiger partial charge in [-0.25, -0.2) is 17.2 Å². The normalized spacial score (nSPS) is 11.3. The van der Waals surface area contributed by atoms with Crippen molar-refractivity contribution in [2.24, 2.45) is 0 Å². The Kier molecular flexibility index (Phi) is 3.82. The first kappa shape index (κ1) is 14.5. The number of hydrogen-bond donors (Lipinski definition) is 2. The zero-order valence-electron chi connectivity index (χ0n) is 9.90. The highest BCUT2D eigenvalue weighted by Gasteiger charge is 2.20. The van der Waals surface area contributed by atoms with Crippen molar-refractivity contribution in [3.63, 3.8) is 0 Å². The lowest BCUT2D eigenvalue weighted by molar-refractivity contribution is 0.551. The van der Waals surface area contributed by atoms with Crippen molar-refractivity contribution in [1.82, 2.24) is 0 Å². The SMILES string of the molecule is Nc1ccc(NS(=O)(=O)c2ccc(F)cc2F)c(Cl)c1. The standard InChI is InChI=1S/C12H9ClF2N2O2S/c13-9-6-8(16)2-3-11(9)17-20(18,19)12-4-1-7(14)5-10(12)15/h1-6,17H,16H2. The summed E-state index contributed by atoms with van der Waals surface area (Å²) in [7, 11) is -4.21. The molecule has 0 fully saturated rings. The molecule has 2 aromatic rings. The molecule has 0 aliphatic rings. The Labute approximate surface area is 119 Å². The lowest BCUT2D eigenvalue weighted by Gasteiger charge is -2.10. The molecule has 0 spiro atoms. The van der Waals surface area contributed by atoms with E-state index in [4.69, 9.17) is 17.3 Å². The molecular formula is C12H9ClF2N2O2S. The minimum Gasteiger partial charge on any atom is -0.399 e. The highest BCUT2D eigenvalue weighted by molar-refractivity contribution is 7.92. The maximum atomic E-state index is 13.5. The van der Waals surface area contributed by atoms with Crippen molar-refractivity contribution < 1.29 is 17.2 Å². The number of hydrogen-bond acceptors (Lipinski definition) is 3. The molecule has 0 aliphatic carbocycles. The highest BCUT2D eigenvalue weighted by atomic mass is 35.5. The third-order valence-electron chi connectivity index (χ3n) is 2.42. The molecule has 106 valence electrons. The van der Waals surface area contributed by atoms with Crippen LogP contribution in [-0.4, -0.2) is 8.42 Å². The van der Waals surface area contributed by atoms with Gasteiger partial charge in [0.25, 0.3) is 10.0 Å². The van der Waals surface area contributed by atoms with E-state index < -0.39 is 26.6 Å². The van der Waals surface area contributed by atoms with Crippen molar-refractivity contribution >= 4 is 33.0 Å². The van der Waals surface area contributed by atoms with E-state index in [2.05, 4.69) is 4.72 Å². The van der Waals surface area contributed by atoms with Crippen molar-refractivity contribution in [3.05, 3.63) is 53.1 Å². The third-order valence-corrected chi connectivity index (χ3v) is 4.13. The lowest BCUT2D eigenvalue weighted by atomic mass is 10.3. The van der Waals surface area contributed by atoms with E-state index >= 15 is 0 Å². The van der Waals surface area contributed by atoms with Gasteiger partial charge in [-0.1, -0.05) is 11.6 Å². The molecule has 0 unspecified atom stereocenters. The van der Waals surface area contributed by atoms with Crippen LogP contribution in [0.15, 0.2) is 41.3 Å². The third kappa shape index (κ3) is 3.00. The maximum Gasteiger partial charge on any atom is 0.264 e. The summed E-state index contributed by atoms with van der Waals surface area (Å²) in [6, 6.07) is 6.29. The summed E-state index contributed by atoms with van der Waals surface area (Å²) < 4.78 is 52.4. The van der Waals surface area contributed by atoms with Crippen molar-refractivity contribution in [1.29, 1.82) is 0 Å². The molecule has 0 aromatic heterocycles. The molecule has 0 heterocycles. The largest absolute Gasteiger partial charge is 0.399 e. The Hall–Kier alpha value is -1.86. The van der Waals surface area contributed by atoms with E-state index in [1.54, 1.807) is 0 Å². The summed E-state index contributed by atoms with van der Waals surface area (Å²) in [4.78, 5) is -0.674. The Morgan fingerprint density at radius 3 is 2.40 bits per heavy atom. The van der Waals surface area contributed by atoms with E-state index in [1.807, 2.05) is 0 Å². The van der Waals surface area contributed by atoms with Crippen molar-refractivity contribution in [3.8, 4) is 0 Å². The summed E-state index contributed by atoms with van der Waals surface area (Å²) in [5.74, 6) is -2.06. The summed E-state index contributed by atoms with van der Waals surface area (Å²) in [6.45, 7) is 0. The molecule has 0 amide bonds. The Balaban J connectivity index is 2.41. The molecule has 4 nitrogen and oxygen atoms in total. The van der Waals surface area contributed by atoms with Gasteiger partial charge in [0.2, 0.25) is 0 Å². The summed E-state index contributed by atoms with van der Waals surface area (Å²) in [5.41, 5.74) is 5.88. The van der Waals surface area contributed by atoms with Crippen LogP contribution in [0.5, 0.6) is 0 Å². The molecule has 0 atom stereocenters. The van der Waals surface area contributed by atoms with Gasteiger partial charge in [-0.2, -0.15) is 0 Å². The molecule has 3 N–H and O–H groups in total. The van der Waals surface area contributed by atoms with Crippen molar-refractivity contribution in [2.75, 3.05) is 10.5 Å². The highest BCUT2D eigenvalue weighted by Crippen LogP contribution is 2.27. The van der Waals surface area contributed by atoms with Crippen LogP contribution in [0.2, 0.25) is 5.02 Å². The Bertz CT molecular complexity index is 766. The Morgan fingerprint density at radius 2 is 1.80 bits per heavy atom. The predicted octanol–water partition coefficient (Wildman–Crippen LogP) is 3.00. The number of anilines is 2. The molecule has 0 aliphatic heterocycles. The van der Waals surface area contributed by atoms with E-state index in [0.717, 1.165) is 12.1 Å². The van der Waals surface area contributed by atoms with Gasteiger partial charge in [0.15, 0.2) is 0 Å². The van der Waals surface area contributed by atoms with Crippen LogP contribution in [-0.2, 0) is 10.0 Å². The molecule has 0 saturated carbocycles. The first-order valence-corrected chi connectivity index (χ1v) is 7.18. The second kappa shape index (κ2) is 5.26. The average molecular weight is 319 g/mol. The topological polar surface area (TPSA) is 72.2 Å². The van der Waals surface area contributed by atoms with E-state index in [9.17, 15) is 17.2 Å². The minimum absolute atomic E-state index is 0.0459. The van der Waals surface area contributed by atoms with Crippen LogP contribution in [0.25, 0.3) is 0 Å². The van der Waals surface area contributed by atoms with Crippen LogP contribution in [0, 0.1) is 11.6 Å². The van der Waals surface area contributed by atoms with Crippen LogP contribution in [0.3, 0.4) is 0 Å². The van der Waals surface area contributed by atoms with E-state index in [-0.39, 0.29) is 10.7 Å². The monoisotopic (exact) mass is 318 g/mol. The van der Waals surface area contributed by atoms with Gasteiger partial charge in [0.1, 0.15) is 16.5 Å². The molecule has 8 heteroatoms. The van der Waals surface area contributed by atoms with Gasteiger partial charge >= 0.3 is 0 Å². The molecule has 0 saturated heterocycles. The molecule has 0 radical (unpaired) electrons. The summed E-state index contributed by atoms with van der Waals surface area (Å²) in [5, 5.41) is 0.0658. The zero-order chi connectivity index (χ0) is 14.9. The van der Waals surface area contributed by atoms with Crippen LogP contribution >= 0.6 is 11.6 Å². The van der Waals surface area contributed by atoms with Gasteiger partial charge in [0, 0.05) is 11.8 Å². The van der Waals surface area contributed by atoms with Crippen molar-refractivity contribution in [2.45, 2.75) is 4.90 Å². The van der Waals surface area contributed by atoms with E-state index in [1.165, 1.54) is 18.2 Å². The fraction of sp³-hybridized carbons (Fsp3) is 0. The average Bonchev–Trinajstić information content (AvgIpc) is 2.32. The minimum atomic E-state index is -4.21. The molecule has 2 aromatic carbocycles. The molecule has 2 rings (SSSR count). The quantitative estimate of drug-likeness (QED) is 0.854. The fourth-order valence-electron chi connectivity index (χ4n) is 1.51. The predicted molar refractivity (Wildman–Crippen MR) is 73.0 cm³/mol. The first-order chi connectivity index (χ1) is 9.29. The number of rotatable bonds is 3. The van der Waals surface area contributed by atoms with Gasteiger partial charge in [-0.05, 0) is 30.3 Å². The Morgan fingerprint density at radius 1 is 1.10 bits per heavy atom. The van der Waals surface area contributed by atoms with Crippen LogP contribution < -0.4 is 10.5 Å². The second-order valence-electron chi connectivity index (χ2n) is 3.92. The molecule has 0 bridgehead atoms. The van der Waals surface area contributed by atoms with Gasteiger partial charge < -0.3 is 5.73 Å². The second-order valence-corrected chi connectivity index (χ2v) is 5.98. The summed E-state index contributed by atoms with van der Waals surface area (Å²) in [6.07, 6.45) is 0.